The normalized spacial score (nSPS) is 10.4. The summed E-state index contributed by atoms with van der Waals surface area (Å²) in [5, 5.41) is 6.88. The number of methoxy groups -OCH3 is 2. The van der Waals surface area contributed by atoms with Gasteiger partial charge in [0.2, 0.25) is 0 Å². The summed E-state index contributed by atoms with van der Waals surface area (Å²) in [6, 6.07) is 12.0. The topological polar surface area (TPSA) is 120 Å². The first-order valence-electron chi connectivity index (χ1n) is 10.2. The third-order valence-electron chi connectivity index (χ3n) is 4.61. The first-order chi connectivity index (χ1) is 16.0. The average molecular weight is 472 g/mol. The second-order valence-corrected chi connectivity index (χ2v) is 7.27. The van der Waals surface area contributed by atoms with E-state index in [0.29, 0.717) is 35.2 Å². The highest BCUT2D eigenvalue weighted by atomic mass is 32.1. The molecule has 0 saturated heterocycles. The van der Waals surface area contributed by atoms with Gasteiger partial charge in [0, 0.05) is 11.1 Å². The van der Waals surface area contributed by atoms with Gasteiger partial charge in [-0.2, -0.15) is 5.10 Å². The predicted molar refractivity (Wildman–Crippen MR) is 124 cm³/mol. The number of nitrogens with one attached hydrogen (secondary N) is 3. The molecule has 0 atom stereocenters. The van der Waals surface area contributed by atoms with Crippen LogP contribution in [0.15, 0.2) is 42.5 Å². The van der Waals surface area contributed by atoms with Crippen molar-refractivity contribution in [3.8, 4) is 28.6 Å². The van der Waals surface area contributed by atoms with Crippen LogP contribution in [-0.2, 0) is 11.3 Å². The highest BCUT2D eigenvalue weighted by Crippen LogP contribution is 2.28. The van der Waals surface area contributed by atoms with Gasteiger partial charge in [0.05, 0.1) is 20.8 Å². The number of ether oxygens (including phenoxy) is 3. The lowest BCUT2D eigenvalue weighted by Gasteiger charge is -2.12. The van der Waals surface area contributed by atoms with Gasteiger partial charge < -0.3 is 14.2 Å². The molecule has 3 N–H and O–H groups in total. The number of hydrazine groups is 1. The van der Waals surface area contributed by atoms with Crippen LogP contribution < -0.4 is 25.1 Å². The molecule has 33 heavy (non-hydrogen) atoms. The summed E-state index contributed by atoms with van der Waals surface area (Å²) in [4.78, 5) is 25.0. The number of nitrogens with zero attached hydrogens (tertiary/aromatic N) is 2. The van der Waals surface area contributed by atoms with E-state index in [0.717, 1.165) is 12.0 Å². The van der Waals surface area contributed by atoms with Crippen LogP contribution in [0.25, 0.3) is 11.4 Å². The third kappa shape index (κ3) is 5.89. The van der Waals surface area contributed by atoms with Crippen molar-refractivity contribution in [3.63, 3.8) is 0 Å². The Bertz CT molecular complexity index is 1170. The minimum absolute atomic E-state index is 0.149. The molecule has 0 aliphatic rings. The number of carbonyl (C=O) groups is 2. The Hall–Kier alpha value is -3.86. The van der Waals surface area contributed by atoms with E-state index >= 15 is 0 Å². The molecule has 0 radical (unpaired) electrons. The lowest BCUT2D eigenvalue weighted by Crippen LogP contribution is -2.43. The van der Waals surface area contributed by atoms with Crippen molar-refractivity contribution < 1.29 is 23.8 Å². The van der Waals surface area contributed by atoms with Crippen LogP contribution in [-0.4, -0.2) is 47.4 Å². The summed E-state index contributed by atoms with van der Waals surface area (Å²) in [6.07, 6.45) is 0.846. The van der Waals surface area contributed by atoms with Crippen molar-refractivity contribution in [1.82, 2.24) is 25.6 Å². The molecule has 1 aromatic heterocycles. The van der Waals surface area contributed by atoms with Crippen LogP contribution in [0.2, 0.25) is 0 Å². The Morgan fingerprint density at radius 3 is 2.48 bits per heavy atom. The molecule has 3 aromatic rings. The zero-order chi connectivity index (χ0) is 23.8. The van der Waals surface area contributed by atoms with Gasteiger partial charge in [-0.3, -0.25) is 30.1 Å². The maximum atomic E-state index is 12.5. The van der Waals surface area contributed by atoms with Crippen LogP contribution in [0.1, 0.15) is 23.7 Å². The Morgan fingerprint density at radius 2 is 1.82 bits per heavy atom. The maximum absolute atomic E-state index is 12.5. The molecule has 0 bridgehead atoms. The Labute approximate surface area is 195 Å². The van der Waals surface area contributed by atoms with Crippen LogP contribution in [0, 0.1) is 4.77 Å². The van der Waals surface area contributed by atoms with E-state index in [4.69, 9.17) is 26.4 Å². The lowest BCUT2D eigenvalue weighted by atomic mass is 10.2. The smallest absolute Gasteiger partial charge is 0.269 e. The second-order valence-electron chi connectivity index (χ2n) is 6.88. The largest absolute Gasteiger partial charge is 0.497 e. The highest BCUT2D eigenvalue weighted by molar-refractivity contribution is 7.71. The van der Waals surface area contributed by atoms with Crippen molar-refractivity contribution >= 4 is 24.0 Å². The molecule has 0 aliphatic carbocycles. The molecule has 11 heteroatoms. The third-order valence-corrected chi connectivity index (χ3v) is 4.92. The molecule has 0 spiro atoms. The minimum atomic E-state index is -0.505. The molecule has 0 saturated carbocycles. The summed E-state index contributed by atoms with van der Waals surface area (Å²) in [6.45, 7) is 2.38. The van der Waals surface area contributed by atoms with E-state index in [-0.39, 0.29) is 11.3 Å². The molecule has 174 valence electrons. The molecule has 0 aliphatic heterocycles. The molecule has 10 nitrogen and oxygen atoms in total. The van der Waals surface area contributed by atoms with Crippen molar-refractivity contribution in [2.45, 2.75) is 19.9 Å². The van der Waals surface area contributed by atoms with Gasteiger partial charge in [0.25, 0.3) is 11.8 Å². The molecule has 0 fully saturated rings. The summed E-state index contributed by atoms with van der Waals surface area (Å²) >= 11 is 5.25. The number of carbonyl (C=O) groups excluding carboxylic acids is 2. The Kier molecular flexibility index (Phi) is 8.03. The van der Waals surface area contributed by atoms with E-state index < -0.39 is 11.8 Å². The fraction of sp³-hybridized carbons (Fsp3) is 0.273. The van der Waals surface area contributed by atoms with Gasteiger partial charge >= 0.3 is 0 Å². The molecule has 1 heterocycles. The van der Waals surface area contributed by atoms with E-state index in [1.165, 1.54) is 11.7 Å². The van der Waals surface area contributed by atoms with Crippen molar-refractivity contribution in [2.24, 2.45) is 0 Å². The van der Waals surface area contributed by atoms with Gasteiger partial charge in [-0.25, -0.2) is 0 Å². The second kappa shape index (κ2) is 11.1. The fourth-order valence-electron chi connectivity index (χ4n) is 2.95. The number of aromatic amines is 1. The number of hydrogen-bond acceptors (Lipinski definition) is 7. The molecule has 2 amide bonds. The fourth-order valence-corrected chi connectivity index (χ4v) is 3.14. The standard InChI is InChI=1S/C22H25N5O5S/c1-4-11-32-17-10-7-15(12-18(17)31-3)21(29)25-23-19(28)13-27-20(24-26-22(27)33)14-5-8-16(30-2)9-6-14/h5-10,12H,4,11,13H2,1-3H3,(H,23,28)(H,25,29)(H,26,33). The van der Waals surface area contributed by atoms with Gasteiger partial charge in [-0.05, 0) is 61.1 Å². The minimum Gasteiger partial charge on any atom is -0.497 e. The maximum Gasteiger partial charge on any atom is 0.269 e. The summed E-state index contributed by atoms with van der Waals surface area (Å²) < 4.78 is 17.8. The van der Waals surface area contributed by atoms with Crippen LogP contribution >= 0.6 is 12.2 Å². The molecular weight excluding hydrogens is 446 g/mol. The van der Waals surface area contributed by atoms with Crippen LogP contribution in [0.4, 0.5) is 0 Å². The molecule has 3 rings (SSSR count). The van der Waals surface area contributed by atoms with E-state index in [1.807, 2.05) is 6.92 Å². The zero-order valence-electron chi connectivity index (χ0n) is 18.5. The molecular formula is C22H25N5O5S. The van der Waals surface area contributed by atoms with Gasteiger partial charge in [-0.15, -0.1) is 0 Å². The highest BCUT2D eigenvalue weighted by Gasteiger charge is 2.15. The quantitative estimate of drug-likeness (QED) is 0.324. The number of hydrogen-bond donors (Lipinski definition) is 3. The van der Waals surface area contributed by atoms with Crippen molar-refractivity contribution in [2.75, 3.05) is 20.8 Å². The van der Waals surface area contributed by atoms with E-state index in [1.54, 1.807) is 49.6 Å². The predicted octanol–water partition coefficient (Wildman–Crippen LogP) is 2.87. The number of rotatable bonds is 9. The van der Waals surface area contributed by atoms with Crippen molar-refractivity contribution in [3.05, 3.63) is 52.8 Å². The van der Waals surface area contributed by atoms with Gasteiger partial charge in [0.1, 0.15) is 12.3 Å². The van der Waals surface area contributed by atoms with E-state index in [2.05, 4.69) is 21.0 Å². The lowest BCUT2D eigenvalue weighted by molar-refractivity contribution is -0.122. The number of aromatic nitrogens is 3. The average Bonchev–Trinajstić information content (AvgIpc) is 3.20. The zero-order valence-corrected chi connectivity index (χ0v) is 19.3. The number of benzene rings is 2. The van der Waals surface area contributed by atoms with E-state index in [9.17, 15) is 9.59 Å². The Morgan fingerprint density at radius 1 is 1.06 bits per heavy atom. The summed E-state index contributed by atoms with van der Waals surface area (Å²) in [7, 11) is 3.07. The first kappa shape index (κ1) is 23.8. The Balaban J connectivity index is 1.64. The van der Waals surface area contributed by atoms with Gasteiger partial charge in [-0.1, -0.05) is 6.92 Å². The van der Waals surface area contributed by atoms with Gasteiger partial charge in [0.15, 0.2) is 22.1 Å². The van der Waals surface area contributed by atoms with Crippen LogP contribution in [0.5, 0.6) is 17.2 Å². The molecule has 0 unspecified atom stereocenters. The first-order valence-corrected chi connectivity index (χ1v) is 10.6. The SMILES string of the molecule is CCCOc1ccc(C(=O)NNC(=O)Cn2c(-c3ccc(OC)cc3)n[nH]c2=S)cc1OC. The van der Waals surface area contributed by atoms with Crippen LogP contribution in [0.3, 0.4) is 0 Å². The van der Waals surface area contributed by atoms with Crippen molar-refractivity contribution in [1.29, 1.82) is 0 Å². The summed E-state index contributed by atoms with van der Waals surface area (Å²) in [5.41, 5.74) is 5.83. The summed E-state index contributed by atoms with van der Waals surface area (Å²) in [5.74, 6) is 1.16. The number of amides is 2. The monoisotopic (exact) mass is 471 g/mol. The molecule has 2 aromatic carbocycles. The number of H-pyrrole nitrogens is 1.